The molecule has 1 heterocycles. The van der Waals surface area contributed by atoms with Gasteiger partial charge in [-0.2, -0.15) is 0 Å². The van der Waals surface area contributed by atoms with E-state index in [2.05, 4.69) is 4.98 Å². The van der Waals surface area contributed by atoms with E-state index >= 15 is 0 Å². The second kappa shape index (κ2) is 4.72. The Morgan fingerprint density at radius 3 is 2.76 bits per heavy atom. The third-order valence-corrected chi connectivity index (χ3v) is 2.99. The third kappa shape index (κ3) is 2.56. The number of nitrogen functional groups attached to an aromatic ring is 1. The lowest BCUT2D eigenvalue weighted by molar-refractivity contribution is 0.626. The summed E-state index contributed by atoms with van der Waals surface area (Å²) in [6.07, 6.45) is 2.22. The molecule has 88 valence electrons. The molecule has 2 nitrogen and oxygen atoms in total. The molecule has 17 heavy (non-hydrogen) atoms. The molecule has 1 aromatic carbocycles. The highest BCUT2D eigenvalue weighted by molar-refractivity contribution is 6.30. The molecule has 0 unspecified atom stereocenters. The molecule has 2 aromatic rings. The van der Waals surface area contributed by atoms with Gasteiger partial charge in [-0.25, -0.2) is 9.37 Å². The molecule has 0 saturated heterocycles. The maximum absolute atomic E-state index is 13.3. The lowest BCUT2D eigenvalue weighted by Gasteiger charge is -2.08. The number of nitrogens with zero attached hydrogens (tertiary/aromatic N) is 1. The van der Waals surface area contributed by atoms with Crippen LogP contribution in [0, 0.1) is 12.7 Å². The van der Waals surface area contributed by atoms with Gasteiger partial charge >= 0.3 is 0 Å². The van der Waals surface area contributed by atoms with Gasteiger partial charge in [-0.3, -0.25) is 0 Å². The van der Waals surface area contributed by atoms with Crippen LogP contribution in [-0.4, -0.2) is 4.98 Å². The number of halogens is 2. The van der Waals surface area contributed by atoms with Crippen molar-refractivity contribution in [2.24, 2.45) is 0 Å². The summed E-state index contributed by atoms with van der Waals surface area (Å²) >= 11 is 5.63. The van der Waals surface area contributed by atoms with E-state index in [1.807, 2.05) is 13.0 Å². The number of benzene rings is 1. The van der Waals surface area contributed by atoms with E-state index in [1.54, 1.807) is 18.3 Å². The maximum Gasteiger partial charge on any atom is 0.142 e. The Morgan fingerprint density at radius 2 is 2.12 bits per heavy atom. The summed E-state index contributed by atoms with van der Waals surface area (Å²) in [5, 5.41) is 0.129. The van der Waals surface area contributed by atoms with E-state index < -0.39 is 5.82 Å². The summed E-state index contributed by atoms with van der Waals surface area (Å²) in [5.74, 6) is 0.0737. The fourth-order valence-corrected chi connectivity index (χ4v) is 1.81. The topological polar surface area (TPSA) is 38.9 Å². The van der Waals surface area contributed by atoms with Gasteiger partial charge in [0.05, 0.1) is 5.02 Å². The molecule has 0 saturated carbocycles. The van der Waals surface area contributed by atoms with Gasteiger partial charge in [0.2, 0.25) is 0 Å². The average Bonchev–Trinajstić information content (AvgIpc) is 2.28. The van der Waals surface area contributed by atoms with Crippen LogP contribution in [0.5, 0.6) is 0 Å². The molecular weight excluding hydrogens is 239 g/mol. The van der Waals surface area contributed by atoms with Gasteiger partial charge in [0.25, 0.3) is 0 Å². The van der Waals surface area contributed by atoms with Crippen molar-refractivity contribution in [1.82, 2.24) is 4.98 Å². The highest BCUT2D eigenvalue weighted by atomic mass is 35.5. The van der Waals surface area contributed by atoms with Gasteiger partial charge in [0.1, 0.15) is 11.6 Å². The third-order valence-electron chi connectivity index (χ3n) is 2.69. The normalized spacial score (nSPS) is 10.5. The number of pyridine rings is 1. The molecule has 0 aliphatic heterocycles. The molecule has 0 amide bonds. The number of hydrogen-bond donors (Lipinski definition) is 1. The van der Waals surface area contributed by atoms with E-state index in [4.69, 9.17) is 17.3 Å². The Morgan fingerprint density at radius 1 is 1.35 bits per heavy atom. The molecule has 4 heteroatoms. The zero-order valence-corrected chi connectivity index (χ0v) is 10.1. The zero-order chi connectivity index (χ0) is 12.4. The molecular formula is C13H12ClFN2. The first-order valence-corrected chi connectivity index (χ1v) is 5.59. The highest BCUT2D eigenvalue weighted by Crippen LogP contribution is 2.21. The molecule has 0 aliphatic carbocycles. The molecule has 0 atom stereocenters. The summed E-state index contributed by atoms with van der Waals surface area (Å²) in [4.78, 5) is 4.03. The number of aryl methyl sites for hydroxylation is 1. The smallest absolute Gasteiger partial charge is 0.142 e. The van der Waals surface area contributed by atoms with Crippen LogP contribution in [0.4, 0.5) is 10.2 Å². The van der Waals surface area contributed by atoms with Crippen molar-refractivity contribution in [2.45, 2.75) is 13.3 Å². The Bertz CT molecular complexity index is 535. The van der Waals surface area contributed by atoms with Gasteiger partial charge in [-0.05, 0) is 36.2 Å². The van der Waals surface area contributed by atoms with Gasteiger partial charge in [0, 0.05) is 18.2 Å². The van der Waals surface area contributed by atoms with Crippen molar-refractivity contribution < 1.29 is 4.39 Å². The van der Waals surface area contributed by atoms with Crippen LogP contribution in [0.1, 0.15) is 16.7 Å². The number of anilines is 1. The largest absolute Gasteiger partial charge is 0.383 e. The SMILES string of the molecule is Cc1ccnc(N)c1Cc1ccc(Cl)c(F)c1. The summed E-state index contributed by atoms with van der Waals surface area (Å²) in [6, 6.07) is 6.65. The van der Waals surface area contributed by atoms with Crippen LogP contribution in [0.3, 0.4) is 0 Å². The lowest BCUT2D eigenvalue weighted by Crippen LogP contribution is -2.01. The fourth-order valence-electron chi connectivity index (χ4n) is 1.69. The monoisotopic (exact) mass is 250 g/mol. The summed E-state index contributed by atoms with van der Waals surface area (Å²) in [7, 11) is 0. The van der Waals surface area contributed by atoms with E-state index in [0.717, 1.165) is 16.7 Å². The minimum atomic E-state index is -0.413. The van der Waals surface area contributed by atoms with Crippen LogP contribution < -0.4 is 5.73 Å². The molecule has 1 aromatic heterocycles. The molecule has 0 bridgehead atoms. The van der Waals surface area contributed by atoms with Crippen molar-refractivity contribution in [3.8, 4) is 0 Å². The first-order valence-electron chi connectivity index (χ1n) is 5.22. The van der Waals surface area contributed by atoms with Gasteiger partial charge in [-0.1, -0.05) is 17.7 Å². The van der Waals surface area contributed by atoms with E-state index in [9.17, 15) is 4.39 Å². The minimum Gasteiger partial charge on any atom is -0.383 e. The van der Waals surface area contributed by atoms with Crippen molar-refractivity contribution >= 4 is 17.4 Å². The maximum atomic E-state index is 13.3. The fraction of sp³-hybridized carbons (Fsp3) is 0.154. The molecule has 2 N–H and O–H groups in total. The second-order valence-electron chi connectivity index (χ2n) is 3.92. The summed E-state index contributed by atoms with van der Waals surface area (Å²) in [6.45, 7) is 1.96. The predicted octanol–water partition coefficient (Wildman–Crippen LogP) is 3.36. The number of hydrogen-bond acceptors (Lipinski definition) is 2. The van der Waals surface area contributed by atoms with Gasteiger partial charge in [0.15, 0.2) is 0 Å². The van der Waals surface area contributed by atoms with E-state index in [1.165, 1.54) is 6.07 Å². The Balaban J connectivity index is 2.35. The Hall–Kier alpha value is -1.61. The number of rotatable bonds is 2. The number of aromatic nitrogens is 1. The zero-order valence-electron chi connectivity index (χ0n) is 9.37. The van der Waals surface area contributed by atoms with E-state index in [-0.39, 0.29) is 5.02 Å². The van der Waals surface area contributed by atoms with Crippen molar-refractivity contribution in [1.29, 1.82) is 0 Å². The molecule has 0 fully saturated rings. The van der Waals surface area contributed by atoms with Crippen molar-refractivity contribution in [3.05, 3.63) is 58.0 Å². The summed E-state index contributed by atoms with van der Waals surface area (Å²) in [5.41, 5.74) is 8.61. The Labute approximate surface area is 104 Å². The second-order valence-corrected chi connectivity index (χ2v) is 4.32. The lowest BCUT2D eigenvalue weighted by atomic mass is 10.0. The Kier molecular flexibility index (Phi) is 3.29. The van der Waals surface area contributed by atoms with Crippen molar-refractivity contribution in [3.63, 3.8) is 0 Å². The number of nitrogens with two attached hydrogens (primary N) is 1. The standard InChI is InChI=1S/C13H12ClFN2/c1-8-4-5-17-13(16)10(8)6-9-2-3-11(14)12(15)7-9/h2-5,7H,6H2,1H3,(H2,16,17). The van der Waals surface area contributed by atoms with Crippen molar-refractivity contribution in [2.75, 3.05) is 5.73 Å². The van der Waals surface area contributed by atoms with E-state index in [0.29, 0.717) is 12.2 Å². The minimum absolute atomic E-state index is 0.129. The summed E-state index contributed by atoms with van der Waals surface area (Å²) < 4.78 is 13.3. The molecule has 2 rings (SSSR count). The highest BCUT2D eigenvalue weighted by Gasteiger charge is 2.07. The van der Waals surface area contributed by atoms with Gasteiger partial charge in [-0.15, -0.1) is 0 Å². The van der Waals surface area contributed by atoms with Crippen LogP contribution in [-0.2, 0) is 6.42 Å². The first-order chi connectivity index (χ1) is 8.08. The van der Waals surface area contributed by atoms with Crippen LogP contribution in [0.2, 0.25) is 5.02 Å². The molecule has 0 spiro atoms. The molecule has 0 aliphatic rings. The first kappa shape index (κ1) is 11.9. The quantitative estimate of drug-likeness (QED) is 0.888. The molecule has 0 radical (unpaired) electrons. The average molecular weight is 251 g/mol. The predicted molar refractivity (Wildman–Crippen MR) is 67.6 cm³/mol. The van der Waals surface area contributed by atoms with Crippen LogP contribution in [0.25, 0.3) is 0 Å². The van der Waals surface area contributed by atoms with Crippen LogP contribution >= 0.6 is 11.6 Å². The van der Waals surface area contributed by atoms with Gasteiger partial charge < -0.3 is 5.73 Å². The van der Waals surface area contributed by atoms with Crippen LogP contribution in [0.15, 0.2) is 30.5 Å².